The first-order valence-electron chi connectivity index (χ1n) is 6.53. The van der Waals surface area contributed by atoms with Crippen molar-refractivity contribution in [2.45, 2.75) is 19.3 Å². The van der Waals surface area contributed by atoms with E-state index in [1.165, 1.54) is 5.56 Å². The maximum Gasteiger partial charge on any atom is 0.265 e. The van der Waals surface area contributed by atoms with E-state index >= 15 is 0 Å². The van der Waals surface area contributed by atoms with E-state index in [1.807, 2.05) is 12.1 Å². The number of benzene rings is 1. The van der Waals surface area contributed by atoms with Crippen molar-refractivity contribution in [1.82, 2.24) is 4.67 Å². The predicted molar refractivity (Wildman–Crippen MR) is 70.2 cm³/mol. The van der Waals surface area contributed by atoms with Gasteiger partial charge in [0.2, 0.25) is 0 Å². The topological polar surface area (TPSA) is 40.6 Å². The summed E-state index contributed by atoms with van der Waals surface area (Å²) >= 11 is 0. The number of carbonyl (C=O) groups is 1. The molecule has 1 aromatic carbocycles. The second-order valence-electron chi connectivity index (χ2n) is 5.21. The molecule has 3 aliphatic rings. The van der Waals surface area contributed by atoms with Crippen LogP contribution in [0.4, 0.5) is 5.69 Å². The van der Waals surface area contributed by atoms with Gasteiger partial charge >= 0.3 is 0 Å². The largest absolute Gasteiger partial charge is 0.306 e. The van der Waals surface area contributed by atoms with Crippen LogP contribution >= 0.6 is 7.44 Å². The lowest BCUT2D eigenvalue weighted by Crippen LogP contribution is -2.41. The SMILES string of the molecule is O=C1c2cccc3c2N(CCC3)P2(=O)CCCN12. The molecule has 1 aromatic rings. The molecule has 0 radical (unpaired) electrons. The highest BCUT2D eigenvalue weighted by atomic mass is 31.2. The second-order valence-corrected chi connectivity index (χ2v) is 7.95. The normalized spacial score (nSPS) is 29.2. The zero-order chi connectivity index (χ0) is 12.3. The number of fused-ring (bicyclic) bond motifs is 2. The molecular formula is C13H15N2O2P. The highest BCUT2D eigenvalue weighted by Gasteiger charge is 2.50. The number of para-hydroxylation sites is 1. The Bertz CT molecular complexity index is 599. The Morgan fingerprint density at radius 2 is 1.94 bits per heavy atom. The molecule has 0 aromatic heterocycles. The minimum Gasteiger partial charge on any atom is -0.306 e. The Hall–Kier alpha value is -1.28. The summed E-state index contributed by atoms with van der Waals surface area (Å²) in [4.78, 5) is 12.5. The van der Waals surface area contributed by atoms with E-state index in [0.717, 1.165) is 37.1 Å². The third kappa shape index (κ3) is 1.12. The maximum absolute atomic E-state index is 13.1. The summed E-state index contributed by atoms with van der Waals surface area (Å²) in [7, 11) is -2.63. The summed E-state index contributed by atoms with van der Waals surface area (Å²) in [5.41, 5.74) is 2.91. The van der Waals surface area contributed by atoms with Gasteiger partial charge < -0.3 is 4.67 Å². The van der Waals surface area contributed by atoms with Gasteiger partial charge in [-0.25, -0.2) is 0 Å². The quantitative estimate of drug-likeness (QED) is 0.674. The lowest BCUT2D eigenvalue weighted by atomic mass is 9.99. The standard InChI is InChI=1S/C13H15N2O2P/c16-13-11-6-1-4-10-5-2-7-14(12(10)11)18(17)9-3-8-15(13)18/h1,4,6H,2-3,5,7-9H2. The molecule has 1 amide bonds. The van der Waals surface area contributed by atoms with E-state index in [1.54, 1.807) is 4.67 Å². The van der Waals surface area contributed by atoms with Gasteiger partial charge in [-0.2, -0.15) is 0 Å². The fourth-order valence-electron chi connectivity index (χ4n) is 3.45. The van der Waals surface area contributed by atoms with Crippen LogP contribution in [0.1, 0.15) is 28.8 Å². The lowest BCUT2D eigenvalue weighted by molar-refractivity contribution is 0.0863. The molecule has 18 heavy (non-hydrogen) atoms. The Kier molecular flexibility index (Phi) is 2.00. The first kappa shape index (κ1) is 10.6. The van der Waals surface area contributed by atoms with Crippen LogP contribution in [-0.4, -0.2) is 29.8 Å². The van der Waals surface area contributed by atoms with Crippen LogP contribution in [0.5, 0.6) is 0 Å². The van der Waals surface area contributed by atoms with Crippen LogP contribution in [0, 0.1) is 0 Å². The van der Waals surface area contributed by atoms with Crippen molar-refractivity contribution in [3.05, 3.63) is 29.3 Å². The van der Waals surface area contributed by atoms with Crippen molar-refractivity contribution in [2.24, 2.45) is 0 Å². The molecule has 3 heterocycles. The monoisotopic (exact) mass is 262 g/mol. The molecule has 1 atom stereocenters. The predicted octanol–water partition coefficient (Wildman–Crippen LogP) is 2.49. The van der Waals surface area contributed by atoms with Crippen molar-refractivity contribution >= 4 is 19.0 Å². The highest BCUT2D eigenvalue weighted by molar-refractivity contribution is 7.64. The summed E-state index contributed by atoms with van der Waals surface area (Å²) in [6.45, 7) is 1.47. The number of amides is 1. The van der Waals surface area contributed by atoms with E-state index in [0.29, 0.717) is 12.7 Å². The van der Waals surface area contributed by atoms with Gasteiger partial charge in [0.25, 0.3) is 13.4 Å². The Labute approximate surface area is 106 Å². The number of aryl methyl sites for hydroxylation is 1. The number of hydrogen-bond acceptors (Lipinski definition) is 2. The molecule has 0 N–H and O–H groups in total. The van der Waals surface area contributed by atoms with Crippen LogP contribution in [0.2, 0.25) is 0 Å². The molecule has 4 nitrogen and oxygen atoms in total. The molecule has 4 rings (SSSR count). The minimum absolute atomic E-state index is 0.0224. The van der Waals surface area contributed by atoms with Crippen molar-refractivity contribution in [3.8, 4) is 0 Å². The maximum atomic E-state index is 13.1. The Balaban J connectivity index is 2.02. The number of anilines is 1. The van der Waals surface area contributed by atoms with E-state index < -0.39 is 7.44 Å². The van der Waals surface area contributed by atoms with E-state index in [4.69, 9.17) is 0 Å². The molecule has 1 fully saturated rings. The zero-order valence-electron chi connectivity index (χ0n) is 10.1. The zero-order valence-corrected chi connectivity index (χ0v) is 11.0. The summed E-state index contributed by atoms with van der Waals surface area (Å²) in [5.74, 6) is -0.0224. The van der Waals surface area contributed by atoms with Gasteiger partial charge in [-0.15, -0.1) is 0 Å². The first-order valence-corrected chi connectivity index (χ1v) is 8.33. The van der Waals surface area contributed by atoms with E-state index in [2.05, 4.69) is 10.7 Å². The van der Waals surface area contributed by atoms with E-state index in [-0.39, 0.29) is 5.91 Å². The average Bonchev–Trinajstić information content (AvgIpc) is 2.79. The molecular weight excluding hydrogens is 247 g/mol. The first-order chi connectivity index (χ1) is 8.72. The number of hydrogen-bond donors (Lipinski definition) is 0. The van der Waals surface area contributed by atoms with Gasteiger partial charge in [-0.1, -0.05) is 12.1 Å². The molecule has 5 heteroatoms. The number of nitrogens with zero attached hydrogens (tertiary/aromatic N) is 2. The number of carbonyl (C=O) groups excluding carboxylic acids is 1. The van der Waals surface area contributed by atoms with Crippen LogP contribution in [0.3, 0.4) is 0 Å². The van der Waals surface area contributed by atoms with E-state index in [9.17, 15) is 9.36 Å². The second kappa shape index (κ2) is 3.39. The van der Waals surface area contributed by atoms with Gasteiger partial charge in [0.15, 0.2) is 0 Å². The molecule has 94 valence electrons. The summed E-state index contributed by atoms with van der Waals surface area (Å²) in [6.07, 6.45) is 3.55. The Morgan fingerprint density at radius 1 is 1.11 bits per heavy atom. The molecule has 0 saturated carbocycles. The smallest absolute Gasteiger partial charge is 0.265 e. The average molecular weight is 262 g/mol. The van der Waals surface area contributed by atoms with Crippen molar-refractivity contribution in [3.63, 3.8) is 0 Å². The van der Waals surface area contributed by atoms with Crippen LogP contribution in [0.15, 0.2) is 18.2 Å². The molecule has 0 bridgehead atoms. The molecule has 3 aliphatic heterocycles. The highest BCUT2D eigenvalue weighted by Crippen LogP contribution is 2.64. The minimum atomic E-state index is -2.63. The van der Waals surface area contributed by atoms with Crippen LogP contribution in [0.25, 0.3) is 0 Å². The van der Waals surface area contributed by atoms with Gasteiger partial charge in [-0.3, -0.25) is 14.0 Å². The third-order valence-electron chi connectivity index (χ3n) is 4.23. The van der Waals surface area contributed by atoms with Gasteiger partial charge in [-0.05, 0) is 30.9 Å². The van der Waals surface area contributed by atoms with Gasteiger partial charge in [0.05, 0.1) is 11.3 Å². The summed E-state index contributed by atoms with van der Waals surface area (Å²) < 4.78 is 16.8. The van der Waals surface area contributed by atoms with Crippen molar-refractivity contribution in [2.75, 3.05) is 23.9 Å². The van der Waals surface area contributed by atoms with Gasteiger partial charge in [0, 0.05) is 19.3 Å². The molecule has 1 saturated heterocycles. The van der Waals surface area contributed by atoms with Crippen LogP contribution < -0.4 is 4.67 Å². The Morgan fingerprint density at radius 3 is 2.83 bits per heavy atom. The summed E-state index contributed by atoms with van der Waals surface area (Å²) in [5, 5.41) is 0. The number of rotatable bonds is 0. The fraction of sp³-hybridized carbons (Fsp3) is 0.462. The molecule has 1 unspecified atom stereocenters. The van der Waals surface area contributed by atoms with Crippen molar-refractivity contribution in [1.29, 1.82) is 0 Å². The summed E-state index contributed by atoms with van der Waals surface area (Å²) in [6, 6.07) is 5.89. The lowest BCUT2D eigenvalue weighted by Gasteiger charge is -2.44. The molecule has 0 spiro atoms. The fourth-order valence-corrected chi connectivity index (χ4v) is 6.60. The third-order valence-corrected chi connectivity index (χ3v) is 7.42. The van der Waals surface area contributed by atoms with Gasteiger partial charge in [0.1, 0.15) is 0 Å². The van der Waals surface area contributed by atoms with Crippen molar-refractivity contribution < 1.29 is 9.36 Å². The molecule has 0 aliphatic carbocycles. The van der Waals surface area contributed by atoms with Crippen LogP contribution in [-0.2, 0) is 11.0 Å².